The van der Waals surface area contributed by atoms with Crippen LogP contribution < -0.4 is 10.6 Å². The quantitative estimate of drug-likeness (QED) is 0.119. The summed E-state index contributed by atoms with van der Waals surface area (Å²) in [6.45, 7) is 1.07. The maximum absolute atomic E-state index is 13.7. The molecule has 2 spiro atoms. The minimum Gasteiger partial charge on any atom is -0.349 e. The number of nitrogens with zero attached hydrogens (tertiary/aromatic N) is 4. The molecule has 0 bridgehead atoms. The van der Waals surface area contributed by atoms with E-state index in [0.717, 1.165) is 101 Å². The first-order valence-corrected chi connectivity index (χ1v) is 28.8. The molecular formula is C57H69Cl2FN8O6S. The van der Waals surface area contributed by atoms with Gasteiger partial charge in [0.2, 0.25) is 11.8 Å². The van der Waals surface area contributed by atoms with Crippen LogP contribution in [0.25, 0.3) is 21.8 Å². The third-order valence-electron chi connectivity index (χ3n) is 17.0. The molecule has 400 valence electrons. The Balaban J connectivity index is 0.000000189. The van der Waals surface area contributed by atoms with Gasteiger partial charge in [0.1, 0.15) is 47.1 Å². The van der Waals surface area contributed by atoms with E-state index in [1.165, 1.54) is 19.1 Å². The minimum absolute atomic E-state index is 0.0684. The summed E-state index contributed by atoms with van der Waals surface area (Å²) in [6.07, 6.45) is 20.4. The first-order chi connectivity index (χ1) is 36.2. The van der Waals surface area contributed by atoms with Crippen LogP contribution in [0.4, 0.5) is 3.89 Å². The summed E-state index contributed by atoms with van der Waals surface area (Å²) in [6, 6.07) is 16.2. The lowest BCUT2D eigenvalue weighted by molar-refractivity contribution is -0.127. The summed E-state index contributed by atoms with van der Waals surface area (Å²) < 4.78 is 10.2. The maximum atomic E-state index is 13.7. The number of likely N-dealkylation sites (tertiary alicyclic amines) is 2. The SMILES string of the molecule is CSF.N#C[C@H](C[C@@H]1CCCCC1=O)NC(=O)C1CC2(CCCCC2)CN1C(=O)c1cc2cccc(Cl)c2[nH]1.N#C[C@H](C[C@@H]1CCCCC1=O)NC(=O)C1CC2(CCCCC2)CN1C(=O)c1cc2cccc(Cl)c2[nH]1. The number of halogens is 3. The van der Waals surface area contributed by atoms with Crippen LogP contribution in [0.15, 0.2) is 48.5 Å². The van der Waals surface area contributed by atoms with Crippen LogP contribution in [0.5, 0.6) is 0 Å². The zero-order valence-corrected chi connectivity index (χ0v) is 45.2. The Labute approximate surface area is 453 Å². The third-order valence-corrected chi connectivity index (χ3v) is 17.6. The molecule has 4 saturated carbocycles. The Morgan fingerprint density at radius 2 is 1.05 bits per heavy atom. The second kappa shape index (κ2) is 25.2. The molecule has 4 N–H and O–H groups in total. The van der Waals surface area contributed by atoms with Crippen LogP contribution in [0.1, 0.15) is 162 Å². The molecule has 2 aromatic heterocycles. The van der Waals surface area contributed by atoms with Crippen LogP contribution in [0.3, 0.4) is 0 Å². The molecular weight excluding hydrogens is 1010 g/mol. The monoisotopic (exact) mass is 1080 g/mol. The third kappa shape index (κ3) is 13.1. The lowest BCUT2D eigenvalue weighted by Gasteiger charge is -2.32. The van der Waals surface area contributed by atoms with Gasteiger partial charge < -0.3 is 30.4 Å². The van der Waals surface area contributed by atoms with Crippen LogP contribution in [-0.2, 0) is 19.2 Å². The topological polar surface area (TPSA) is 212 Å². The number of hydrogen-bond donors (Lipinski definition) is 4. The van der Waals surface area contributed by atoms with Crippen LogP contribution in [-0.4, -0.2) is 98.5 Å². The molecule has 0 radical (unpaired) electrons. The standard InChI is InChI=1S/2C28H33ClN4O3.CH3FS/c2*29-21-9-6-8-19-14-22(32-25(19)21)27(36)33-17-28(11-4-1-5-12-28)15-23(33)26(35)31-20(16-30)13-18-7-2-3-10-24(18)34;1-3-2/h2*6,8-9,14,18,20,23,32H,1-5,7,10-13,15,17H2,(H,31,35);1H3/t2*18-,20-,23?;/m00./s1. The average molecular weight is 1080 g/mol. The number of benzene rings is 2. The van der Waals surface area contributed by atoms with Gasteiger partial charge in [0.15, 0.2) is 0 Å². The van der Waals surface area contributed by atoms with E-state index >= 15 is 0 Å². The van der Waals surface area contributed by atoms with Crippen molar-refractivity contribution in [1.82, 2.24) is 30.4 Å². The maximum Gasteiger partial charge on any atom is 0.271 e. The number of nitriles is 2. The highest BCUT2D eigenvalue weighted by atomic mass is 35.5. The molecule has 2 aromatic carbocycles. The number of rotatable bonds is 10. The van der Waals surface area contributed by atoms with E-state index in [1.54, 1.807) is 34.1 Å². The molecule has 2 aliphatic heterocycles. The average Bonchev–Trinajstić information content (AvgIpc) is 4.22. The summed E-state index contributed by atoms with van der Waals surface area (Å²) in [4.78, 5) is 88.9. The number of aromatic nitrogens is 2. The second-order valence-electron chi connectivity index (χ2n) is 22.0. The fourth-order valence-electron chi connectivity index (χ4n) is 13.1. The summed E-state index contributed by atoms with van der Waals surface area (Å²) in [5.41, 5.74) is 2.10. The van der Waals surface area contributed by atoms with Crippen molar-refractivity contribution < 1.29 is 32.7 Å². The molecule has 4 amide bonds. The molecule has 14 nitrogen and oxygen atoms in total. The highest BCUT2D eigenvalue weighted by Crippen LogP contribution is 2.48. The van der Waals surface area contributed by atoms with Crippen LogP contribution >= 0.6 is 35.3 Å². The van der Waals surface area contributed by atoms with Crippen molar-refractivity contribution in [2.45, 2.75) is 165 Å². The van der Waals surface area contributed by atoms with Crippen molar-refractivity contribution in [3.8, 4) is 12.1 Å². The van der Waals surface area contributed by atoms with Gasteiger partial charge in [-0.15, -0.1) is 0 Å². The van der Waals surface area contributed by atoms with E-state index in [4.69, 9.17) is 23.2 Å². The minimum atomic E-state index is -0.740. The van der Waals surface area contributed by atoms with Crippen molar-refractivity contribution in [2.75, 3.05) is 19.3 Å². The van der Waals surface area contributed by atoms with Crippen LogP contribution in [0.2, 0.25) is 10.0 Å². The first-order valence-electron chi connectivity index (χ1n) is 27.0. The summed E-state index contributed by atoms with van der Waals surface area (Å²) in [5, 5.41) is 28.1. The number of nitrogens with one attached hydrogen (secondary N) is 4. The molecule has 6 aliphatic rings. The Kier molecular flexibility index (Phi) is 18.7. The van der Waals surface area contributed by atoms with Gasteiger partial charge in [-0.05, 0) is 112 Å². The molecule has 2 saturated heterocycles. The van der Waals surface area contributed by atoms with Crippen molar-refractivity contribution in [3.63, 3.8) is 0 Å². The lowest BCUT2D eigenvalue weighted by atomic mass is 9.72. The van der Waals surface area contributed by atoms with Gasteiger partial charge >= 0.3 is 0 Å². The number of para-hydroxylation sites is 2. The number of carbonyl (C=O) groups excluding carboxylic acids is 6. The Hall–Kier alpha value is -5.42. The smallest absolute Gasteiger partial charge is 0.271 e. The zero-order valence-electron chi connectivity index (χ0n) is 42.8. The predicted octanol–water partition coefficient (Wildman–Crippen LogP) is 11.5. The van der Waals surface area contributed by atoms with Crippen molar-refractivity contribution >= 4 is 92.4 Å². The van der Waals surface area contributed by atoms with E-state index in [0.29, 0.717) is 84.1 Å². The highest BCUT2D eigenvalue weighted by molar-refractivity contribution is 7.93. The number of H-pyrrole nitrogens is 2. The van der Waals surface area contributed by atoms with Gasteiger partial charge in [0.05, 0.1) is 33.2 Å². The van der Waals surface area contributed by atoms with Crippen molar-refractivity contribution in [3.05, 3.63) is 70.0 Å². The summed E-state index contributed by atoms with van der Waals surface area (Å²) in [5.74, 6) is -1.01. The Morgan fingerprint density at radius 3 is 1.40 bits per heavy atom. The fourth-order valence-corrected chi connectivity index (χ4v) is 13.6. The number of aromatic amines is 2. The number of hydrogen-bond acceptors (Lipinski definition) is 9. The van der Waals surface area contributed by atoms with E-state index in [-0.39, 0.29) is 70.0 Å². The molecule has 2 unspecified atom stereocenters. The fraction of sp³-hybridized carbons (Fsp3) is 0.579. The number of amides is 4. The lowest BCUT2D eigenvalue weighted by Crippen LogP contribution is -2.49. The molecule has 6 fully saturated rings. The zero-order chi connectivity index (χ0) is 53.3. The van der Waals surface area contributed by atoms with Gasteiger partial charge in [-0.3, -0.25) is 28.8 Å². The van der Waals surface area contributed by atoms with E-state index in [9.17, 15) is 43.2 Å². The number of fused-ring (bicyclic) bond motifs is 2. The van der Waals surface area contributed by atoms with Crippen molar-refractivity contribution in [2.24, 2.45) is 22.7 Å². The first kappa shape index (κ1) is 55.8. The van der Waals surface area contributed by atoms with Gasteiger partial charge in [0, 0.05) is 66.9 Å². The van der Waals surface area contributed by atoms with E-state index in [2.05, 4.69) is 32.7 Å². The predicted molar refractivity (Wildman–Crippen MR) is 289 cm³/mol. The highest BCUT2D eigenvalue weighted by Gasteiger charge is 2.51. The Bertz CT molecular complexity index is 2640. The molecule has 6 atom stereocenters. The summed E-state index contributed by atoms with van der Waals surface area (Å²) in [7, 11) is 0. The van der Waals surface area contributed by atoms with Gasteiger partial charge in [-0.2, -0.15) is 14.4 Å². The normalized spacial score (nSPS) is 23.8. The van der Waals surface area contributed by atoms with Gasteiger partial charge in [-0.25, -0.2) is 0 Å². The molecule has 75 heavy (non-hydrogen) atoms. The molecule has 4 heterocycles. The van der Waals surface area contributed by atoms with E-state index < -0.39 is 24.2 Å². The van der Waals surface area contributed by atoms with Crippen LogP contribution in [0, 0.1) is 45.3 Å². The number of carbonyl (C=O) groups is 6. The molecule has 4 aromatic rings. The second-order valence-corrected chi connectivity index (χ2v) is 23.1. The van der Waals surface area contributed by atoms with Gasteiger partial charge in [-0.1, -0.05) is 98.8 Å². The Morgan fingerprint density at radius 1 is 0.667 bits per heavy atom. The summed E-state index contributed by atoms with van der Waals surface area (Å²) >= 11 is 12.9. The largest absolute Gasteiger partial charge is 0.349 e. The van der Waals surface area contributed by atoms with E-state index in [1.807, 2.05) is 24.3 Å². The molecule has 4 aliphatic carbocycles. The molecule has 18 heteroatoms. The van der Waals surface area contributed by atoms with Gasteiger partial charge in [0.25, 0.3) is 11.8 Å². The number of ketones is 2. The number of Topliss-reactive ketones (excluding diaryl/α,β-unsaturated/α-hetero) is 2. The van der Waals surface area contributed by atoms with Crippen molar-refractivity contribution in [1.29, 1.82) is 10.5 Å². The molecule has 10 rings (SSSR count).